The van der Waals surface area contributed by atoms with E-state index in [0.717, 1.165) is 30.6 Å². The zero-order chi connectivity index (χ0) is 27.9. The molecular formula is C33H42Cl2NORu-. The summed E-state index contributed by atoms with van der Waals surface area (Å²) in [6.07, 6.45) is 3.44. The number of nitrogens with zero attached hydrogens (tertiary/aromatic N) is 1. The monoisotopic (exact) mass is 640 g/mol. The van der Waals surface area contributed by atoms with Gasteiger partial charge in [-0.05, 0) is 44.2 Å². The summed E-state index contributed by atoms with van der Waals surface area (Å²) in [4.78, 5) is 2.57. The SMILES string of the molecule is CC(C)Oc1ccccc1[CH]=[Ru]([Cl])[Cl].CCc1cccc(CC)c1N1[CH-][C@](C)(c2ccccc2)CC1(C)C. The van der Waals surface area contributed by atoms with Gasteiger partial charge in [0.15, 0.2) is 0 Å². The number of anilines is 1. The van der Waals surface area contributed by atoms with E-state index in [1.165, 1.54) is 22.4 Å². The zero-order valence-electron chi connectivity index (χ0n) is 23.7. The number of para-hydroxylation sites is 2. The van der Waals surface area contributed by atoms with Crippen molar-refractivity contribution in [2.24, 2.45) is 0 Å². The first kappa shape index (κ1) is 30.9. The van der Waals surface area contributed by atoms with Crippen LogP contribution in [0.15, 0.2) is 72.8 Å². The van der Waals surface area contributed by atoms with Gasteiger partial charge in [0.05, 0.1) is 0 Å². The molecule has 0 aromatic heterocycles. The molecule has 3 aromatic rings. The third-order valence-electron chi connectivity index (χ3n) is 6.97. The van der Waals surface area contributed by atoms with Crippen LogP contribution >= 0.6 is 19.4 Å². The third-order valence-corrected chi connectivity index (χ3v) is 8.81. The van der Waals surface area contributed by atoms with Crippen LogP contribution in [0.5, 0.6) is 5.75 Å². The number of rotatable bonds is 7. The first-order valence-electron chi connectivity index (χ1n) is 13.4. The Morgan fingerprint density at radius 1 is 0.895 bits per heavy atom. The van der Waals surface area contributed by atoms with Crippen LogP contribution in [0.1, 0.15) is 77.1 Å². The fraction of sp³-hybridized carbons (Fsp3) is 0.394. The summed E-state index contributed by atoms with van der Waals surface area (Å²) >= 11 is -1.77. The van der Waals surface area contributed by atoms with Gasteiger partial charge in [0.2, 0.25) is 0 Å². The Morgan fingerprint density at radius 3 is 2.03 bits per heavy atom. The van der Waals surface area contributed by atoms with E-state index in [1.54, 1.807) is 0 Å². The number of halogens is 2. The van der Waals surface area contributed by atoms with Gasteiger partial charge in [0.25, 0.3) is 0 Å². The number of hydrogen-bond donors (Lipinski definition) is 0. The molecule has 1 atom stereocenters. The smallest absolute Gasteiger partial charge is 0.0140 e. The van der Waals surface area contributed by atoms with Crippen molar-refractivity contribution < 1.29 is 18.3 Å². The van der Waals surface area contributed by atoms with Gasteiger partial charge < -0.3 is 4.90 Å². The van der Waals surface area contributed by atoms with Crippen LogP contribution in [0.3, 0.4) is 0 Å². The van der Waals surface area contributed by atoms with Gasteiger partial charge in [-0.2, -0.15) is 0 Å². The van der Waals surface area contributed by atoms with Gasteiger partial charge in [-0.3, -0.25) is 0 Å². The molecular weight excluding hydrogens is 598 g/mol. The predicted molar refractivity (Wildman–Crippen MR) is 164 cm³/mol. The molecule has 4 rings (SSSR count). The fourth-order valence-electron chi connectivity index (χ4n) is 5.39. The van der Waals surface area contributed by atoms with Gasteiger partial charge in [-0.25, -0.2) is 6.54 Å². The second-order valence-electron chi connectivity index (χ2n) is 10.9. The van der Waals surface area contributed by atoms with Crippen molar-refractivity contribution in [1.29, 1.82) is 0 Å². The quantitative estimate of drug-likeness (QED) is 0.189. The van der Waals surface area contributed by atoms with Crippen LogP contribution in [0.4, 0.5) is 5.69 Å². The van der Waals surface area contributed by atoms with E-state index < -0.39 is 13.5 Å². The van der Waals surface area contributed by atoms with E-state index in [4.69, 9.17) is 24.1 Å². The third kappa shape index (κ3) is 7.71. The summed E-state index contributed by atoms with van der Waals surface area (Å²) in [7, 11) is 11.6. The Morgan fingerprint density at radius 2 is 1.47 bits per heavy atom. The number of aryl methyl sites for hydroxylation is 2. The van der Waals surface area contributed by atoms with Crippen LogP contribution in [0.2, 0.25) is 0 Å². The van der Waals surface area contributed by atoms with Crippen molar-refractivity contribution in [1.82, 2.24) is 0 Å². The molecule has 38 heavy (non-hydrogen) atoms. The van der Waals surface area contributed by atoms with E-state index in [1.807, 2.05) is 42.7 Å². The Balaban J connectivity index is 0.000000244. The second kappa shape index (κ2) is 13.6. The predicted octanol–water partition coefficient (Wildman–Crippen LogP) is 9.47. The van der Waals surface area contributed by atoms with Gasteiger partial charge in [-0.15, -0.1) is 5.41 Å². The molecule has 3 aromatic carbocycles. The molecule has 1 aliphatic heterocycles. The van der Waals surface area contributed by atoms with E-state index in [2.05, 4.69) is 94.6 Å². The average molecular weight is 641 g/mol. The molecule has 0 saturated carbocycles. The Hall–Kier alpha value is -1.67. The molecule has 208 valence electrons. The van der Waals surface area contributed by atoms with Crippen LogP contribution in [-0.4, -0.2) is 16.3 Å². The van der Waals surface area contributed by atoms with E-state index in [0.29, 0.717) is 0 Å². The van der Waals surface area contributed by atoms with Gasteiger partial charge in [0, 0.05) is 11.2 Å². The maximum absolute atomic E-state index is 5.82. The van der Waals surface area contributed by atoms with Crippen molar-refractivity contribution in [3.63, 3.8) is 0 Å². The van der Waals surface area contributed by atoms with Crippen molar-refractivity contribution in [2.45, 2.75) is 84.8 Å². The first-order chi connectivity index (χ1) is 18.0. The van der Waals surface area contributed by atoms with Crippen molar-refractivity contribution in [2.75, 3.05) is 4.90 Å². The van der Waals surface area contributed by atoms with Crippen LogP contribution in [0.25, 0.3) is 0 Å². The topological polar surface area (TPSA) is 12.5 Å². The van der Waals surface area contributed by atoms with Crippen LogP contribution in [-0.2, 0) is 31.8 Å². The molecule has 0 N–H and O–H groups in total. The summed E-state index contributed by atoms with van der Waals surface area (Å²) in [5, 5.41) is 0. The van der Waals surface area contributed by atoms with Gasteiger partial charge >= 0.3 is 97.8 Å². The van der Waals surface area contributed by atoms with Crippen molar-refractivity contribution >= 4 is 29.7 Å². The summed E-state index contributed by atoms with van der Waals surface area (Å²) in [5.74, 6) is 0.850. The minimum Gasteiger partial charge on any atom is -0.517 e. The van der Waals surface area contributed by atoms with Crippen LogP contribution < -0.4 is 9.64 Å². The van der Waals surface area contributed by atoms with Crippen LogP contribution in [0, 0.1) is 6.54 Å². The summed E-state index contributed by atoms with van der Waals surface area (Å²) in [5.41, 5.74) is 6.94. The molecule has 0 radical (unpaired) electrons. The van der Waals surface area contributed by atoms with Gasteiger partial charge in [-0.1, -0.05) is 74.9 Å². The van der Waals surface area contributed by atoms with E-state index >= 15 is 0 Å². The summed E-state index contributed by atoms with van der Waals surface area (Å²) in [6.45, 7) is 18.1. The normalized spacial score (nSPS) is 18.6. The second-order valence-corrected chi connectivity index (χ2v) is 16.6. The molecule has 0 aliphatic carbocycles. The molecule has 1 heterocycles. The maximum atomic E-state index is 5.82. The van der Waals surface area contributed by atoms with E-state index in [-0.39, 0.29) is 17.1 Å². The molecule has 1 fully saturated rings. The minimum absolute atomic E-state index is 0.0800. The molecule has 0 unspecified atom stereocenters. The van der Waals surface area contributed by atoms with Crippen molar-refractivity contribution in [3.8, 4) is 5.75 Å². The van der Waals surface area contributed by atoms with Crippen molar-refractivity contribution in [3.05, 3.63) is 102 Å². The molecule has 5 heteroatoms. The molecule has 0 spiro atoms. The number of hydrogen-bond acceptors (Lipinski definition) is 2. The first-order valence-corrected chi connectivity index (χ1v) is 18.9. The molecule has 0 bridgehead atoms. The Labute approximate surface area is 243 Å². The Bertz CT molecular complexity index is 1200. The summed E-state index contributed by atoms with van der Waals surface area (Å²) < 4.78 is 7.51. The fourth-order valence-corrected chi connectivity index (χ4v) is 7.19. The molecule has 1 saturated heterocycles. The molecule has 0 amide bonds. The maximum Gasteiger partial charge on any atom is 0.0140 e. The molecule has 2 nitrogen and oxygen atoms in total. The van der Waals surface area contributed by atoms with E-state index in [9.17, 15) is 0 Å². The number of benzene rings is 3. The summed E-state index contributed by atoms with van der Waals surface area (Å²) in [6, 6.07) is 25.5. The minimum atomic E-state index is -1.77. The zero-order valence-corrected chi connectivity index (χ0v) is 27.0. The Kier molecular flexibility index (Phi) is 11.1. The average Bonchev–Trinajstić information content (AvgIpc) is 3.14. The number of ether oxygens (including phenoxy) is 1. The van der Waals surface area contributed by atoms with Gasteiger partial charge in [0.1, 0.15) is 0 Å². The molecule has 1 aliphatic rings. The largest absolute Gasteiger partial charge is 0.517 e. The standard InChI is InChI=1S/C23H30N.C10H12O.2ClH.Ru/c1-6-18-12-11-13-19(7-2)21(18)24-17-23(5,16-22(24,3)4)20-14-9-8-10-15-20;1-8(2)11-10-7-5-4-6-9(10)3;;;/h8-15,17H,6-7,16H2,1-5H3;3-8H,1-2H3;2*1H;/q-1;;;;+2/p-2/t23-;;;;/m1..../s1.